The molecule has 0 spiro atoms. The van der Waals surface area contributed by atoms with E-state index in [-0.39, 0.29) is 22.7 Å². The quantitative estimate of drug-likeness (QED) is 0.496. The SMILES string of the molecule is COCCNC(=O)c1cc([N+](=O)[O-])cc2c1OCCCO2. The monoisotopic (exact) mass is 296 g/mol. The number of methoxy groups -OCH3 is 1. The van der Waals surface area contributed by atoms with Gasteiger partial charge in [-0.05, 0) is 0 Å². The summed E-state index contributed by atoms with van der Waals surface area (Å²) in [4.78, 5) is 22.6. The number of non-ortho nitro benzene ring substituents is 1. The molecular formula is C13H16N2O6. The molecule has 1 aromatic carbocycles. The summed E-state index contributed by atoms with van der Waals surface area (Å²) in [5.74, 6) is 0.00380. The Balaban J connectivity index is 2.34. The number of rotatable bonds is 5. The minimum atomic E-state index is -0.569. The normalized spacial score (nSPS) is 13.4. The fraction of sp³-hybridized carbons (Fsp3) is 0.462. The first-order valence-corrected chi connectivity index (χ1v) is 6.48. The number of hydrogen-bond acceptors (Lipinski definition) is 6. The molecule has 0 saturated carbocycles. The van der Waals surface area contributed by atoms with Crippen LogP contribution in [0.3, 0.4) is 0 Å². The molecule has 0 aliphatic carbocycles. The summed E-state index contributed by atoms with van der Waals surface area (Å²) in [6.45, 7) is 1.43. The van der Waals surface area contributed by atoms with E-state index in [0.717, 1.165) is 0 Å². The van der Waals surface area contributed by atoms with Crippen LogP contribution in [-0.2, 0) is 4.74 Å². The third kappa shape index (κ3) is 3.60. The zero-order chi connectivity index (χ0) is 15.2. The van der Waals surface area contributed by atoms with Crippen LogP contribution in [0.25, 0.3) is 0 Å². The van der Waals surface area contributed by atoms with Gasteiger partial charge in [-0.2, -0.15) is 0 Å². The number of nitro benzene ring substituents is 1. The highest BCUT2D eigenvalue weighted by molar-refractivity contribution is 5.98. The van der Waals surface area contributed by atoms with Crippen LogP contribution in [0, 0.1) is 10.1 Å². The van der Waals surface area contributed by atoms with Gasteiger partial charge >= 0.3 is 0 Å². The van der Waals surface area contributed by atoms with Gasteiger partial charge in [-0.3, -0.25) is 14.9 Å². The summed E-state index contributed by atoms with van der Waals surface area (Å²) in [5.41, 5.74) is -0.117. The van der Waals surface area contributed by atoms with E-state index in [1.54, 1.807) is 0 Å². The van der Waals surface area contributed by atoms with Crippen LogP contribution in [0.1, 0.15) is 16.8 Å². The Hall–Kier alpha value is -2.35. The Morgan fingerprint density at radius 3 is 2.90 bits per heavy atom. The highest BCUT2D eigenvalue weighted by Crippen LogP contribution is 2.37. The summed E-state index contributed by atoms with van der Waals surface area (Å²) < 4.78 is 15.8. The van der Waals surface area contributed by atoms with E-state index in [1.807, 2.05) is 0 Å². The molecule has 1 aliphatic rings. The van der Waals surface area contributed by atoms with E-state index in [0.29, 0.717) is 32.8 Å². The summed E-state index contributed by atoms with van der Waals surface area (Å²) >= 11 is 0. The molecule has 0 unspecified atom stereocenters. The molecule has 0 saturated heterocycles. The number of carbonyl (C=O) groups excluding carboxylic acids is 1. The molecule has 0 bridgehead atoms. The molecule has 1 aromatic rings. The molecule has 1 heterocycles. The highest BCUT2D eigenvalue weighted by Gasteiger charge is 2.24. The Morgan fingerprint density at radius 1 is 1.43 bits per heavy atom. The molecule has 0 fully saturated rings. The second kappa shape index (κ2) is 6.89. The number of carbonyl (C=O) groups is 1. The molecule has 1 N–H and O–H groups in total. The Bertz CT molecular complexity index is 546. The zero-order valence-corrected chi connectivity index (χ0v) is 11.6. The number of nitro groups is 1. The van der Waals surface area contributed by atoms with E-state index in [4.69, 9.17) is 14.2 Å². The van der Waals surface area contributed by atoms with E-state index < -0.39 is 10.8 Å². The van der Waals surface area contributed by atoms with E-state index in [9.17, 15) is 14.9 Å². The summed E-state index contributed by atoms with van der Waals surface area (Å²) in [5, 5.41) is 13.6. The fourth-order valence-corrected chi connectivity index (χ4v) is 1.89. The minimum Gasteiger partial charge on any atom is -0.489 e. The third-order valence-corrected chi connectivity index (χ3v) is 2.88. The van der Waals surface area contributed by atoms with Crippen molar-refractivity contribution in [3.8, 4) is 11.5 Å². The van der Waals surface area contributed by atoms with Crippen molar-refractivity contribution in [2.45, 2.75) is 6.42 Å². The molecule has 114 valence electrons. The van der Waals surface area contributed by atoms with E-state index >= 15 is 0 Å². The van der Waals surface area contributed by atoms with Gasteiger partial charge < -0.3 is 19.5 Å². The molecule has 1 amide bonds. The highest BCUT2D eigenvalue weighted by atomic mass is 16.6. The van der Waals surface area contributed by atoms with Crippen molar-refractivity contribution in [1.29, 1.82) is 0 Å². The van der Waals surface area contributed by atoms with Gasteiger partial charge in [0.15, 0.2) is 11.5 Å². The molecule has 0 radical (unpaired) electrons. The van der Waals surface area contributed by atoms with Gasteiger partial charge in [0, 0.05) is 26.1 Å². The Kier molecular flexibility index (Phi) is 4.94. The first-order chi connectivity index (χ1) is 10.1. The lowest BCUT2D eigenvalue weighted by Crippen LogP contribution is -2.27. The fourth-order valence-electron chi connectivity index (χ4n) is 1.89. The molecule has 8 nitrogen and oxygen atoms in total. The third-order valence-electron chi connectivity index (χ3n) is 2.88. The molecular weight excluding hydrogens is 280 g/mol. The van der Waals surface area contributed by atoms with Crippen LogP contribution < -0.4 is 14.8 Å². The first-order valence-electron chi connectivity index (χ1n) is 6.48. The van der Waals surface area contributed by atoms with Crippen molar-refractivity contribution >= 4 is 11.6 Å². The van der Waals surface area contributed by atoms with Crippen molar-refractivity contribution < 1.29 is 23.9 Å². The van der Waals surface area contributed by atoms with Crippen molar-refractivity contribution in [2.24, 2.45) is 0 Å². The molecule has 0 aromatic heterocycles. The maximum absolute atomic E-state index is 12.2. The van der Waals surface area contributed by atoms with Gasteiger partial charge in [-0.25, -0.2) is 0 Å². The van der Waals surface area contributed by atoms with Gasteiger partial charge in [0.1, 0.15) is 0 Å². The van der Waals surface area contributed by atoms with Crippen LogP contribution in [-0.4, -0.2) is 44.3 Å². The van der Waals surface area contributed by atoms with Crippen molar-refractivity contribution in [1.82, 2.24) is 5.32 Å². The molecule has 0 atom stereocenters. The molecule has 1 aliphatic heterocycles. The minimum absolute atomic E-state index is 0.0946. The standard InChI is InChI=1S/C13H16N2O6/c1-19-6-3-14-13(16)10-7-9(15(17)18)8-11-12(10)21-5-2-4-20-11/h7-8H,2-6H2,1H3,(H,14,16). The second-order valence-corrected chi connectivity index (χ2v) is 4.38. The average Bonchev–Trinajstić information content (AvgIpc) is 2.71. The van der Waals surface area contributed by atoms with Crippen LogP contribution in [0.2, 0.25) is 0 Å². The number of hydrogen-bond donors (Lipinski definition) is 1. The Morgan fingerprint density at radius 2 is 2.19 bits per heavy atom. The van der Waals surface area contributed by atoms with Gasteiger partial charge in [0.25, 0.3) is 11.6 Å². The van der Waals surface area contributed by atoms with Crippen LogP contribution in [0.4, 0.5) is 5.69 Å². The van der Waals surface area contributed by atoms with Crippen molar-refractivity contribution in [3.05, 3.63) is 27.8 Å². The van der Waals surface area contributed by atoms with Crippen molar-refractivity contribution in [3.63, 3.8) is 0 Å². The first kappa shape index (κ1) is 15.0. The van der Waals surface area contributed by atoms with Crippen LogP contribution >= 0.6 is 0 Å². The largest absolute Gasteiger partial charge is 0.489 e. The van der Waals surface area contributed by atoms with Gasteiger partial charge in [0.05, 0.1) is 36.4 Å². The van der Waals surface area contributed by atoms with E-state index in [1.165, 1.54) is 19.2 Å². The number of nitrogens with one attached hydrogen (secondary N) is 1. The number of amides is 1. The number of benzene rings is 1. The van der Waals surface area contributed by atoms with Gasteiger partial charge in [-0.15, -0.1) is 0 Å². The predicted molar refractivity (Wildman–Crippen MR) is 72.9 cm³/mol. The maximum atomic E-state index is 12.2. The summed E-state index contributed by atoms with van der Waals surface area (Å²) in [6, 6.07) is 2.46. The topological polar surface area (TPSA) is 99.9 Å². The number of fused-ring (bicyclic) bond motifs is 1. The molecule has 21 heavy (non-hydrogen) atoms. The summed E-state index contributed by atoms with van der Waals surface area (Å²) in [6.07, 6.45) is 0.646. The molecule has 2 rings (SSSR count). The molecule has 8 heteroatoms. The van der Waals surface area contributed by atoms with Gasteiger partial charge in [-0.1, -0.05) is 0 Å². The lowest BCUT2D eigenvalue weighted by Gasteiger charge is -2.12. The lowest BCUT2D eigenvalue weighted by atomic mass is 10.1. The lowest BCUT2D eigenvalue weighted by molar-refractivity contribution is -0.385. The number of ether oxygens (including phenoxy) is 3. The van der Waals surface area contributed by atoms with E-state index in [2.05, 4.69) is 5.32 Å². The van der Waals surface area contributed by atoms with Gasteiger partial charge in [0.2, 0.25) is 0 Å². The second-order valence-electron chi connectivity index (χ2n) is 4.38. The Labute approximate surface area is 121 Å². The summed E-state index contributed by atoms with van der Waals surface area (Å²) in [7, 11) is 1.52. The number of nitrogens with zero attached hydrogens (tertiary/aromatic N) is 1. The average molecular weight is 296 g/mol. The predicted octanol–water partition coefficient (Wildman–Crippen LogP) is 1.13. The van der Waals surface area contributed by atoms with Crippen molar-refractivity contribution in [2.75, 3.05) is 33.5 Å². The maximum Gasteiger partial charge on any atom is 0.274 e. The zero-order valence-electron chi connectivity index (χ0n) is 11.6. The smallest absolute Gasteiger partial charge is 0.274 e. The van der Waals surface area contributed by atoms with Crippen LogP contribution in [0.5, 0.6) is 11.5 Å². The van der Waals surface area contributed by atoms with Crippen LogP contribution in [0.15, 0.2) is 12.1 Å².